The van der Waals surface area contributed by atoms with Crippen molar-refractivity contribution in [2.45, 2.75) is 4.90 Å². The molecule has 16 heavy (non-hydrogen) atoms. The van der Waals surface area contributed by atoms with Gasteiger partial charge in [-0.2, -0.15) is 0 Å². The van der Waals surface area contributed by atoms with Crippen LogP contribution >= 0.6 is 12.0 Å². The van der Waals surface area contributed by atoms with Gasteiger partial charge in [0.05, 0.1) is 22.5 Å². The summed E-state index contributed by atoms with van der Waals surface area (Å²) in [7, 11) is 3.42. The number of amides is 1. The molecule has 0 aliphatic carbocycles. The maximum Gasteiger partial charge on any atom is 0.266 e. The molecule has 1 aromatic rings. The summed E-state index contributed by atoms with van der Waals surface area (Å²) in [5.74, 6) is -0.269. The van der Waals surface area contributed by atoms with Crippen LogP contribution in [0.1, 0.15) is 10.4 Å². The second kappa shape index (κ2) is 6.46. The number of hydrogen-bond acceptors (Lipinski definition) is 6. The molecule has 1 amide bonds. The topological polar surface area (TPSA) is 71.0 Å². The Balaban J connectivity index is 2.81. The van der Waals surface area contributed by atoms with Crippen molar-refractivity contribution in [3.63, 3.8) is 0 Å². The minimum atomic E-state index is -0.269. The van der Waals surface area contributed by atoms with E-state index in [1.807, 2.05) is 0 Å². The normalized spacial score (nSPS) is 10.5. The van der Waals surface area contributed by atoms with E-state index in [1.54, 1.807) is 38.4 Å². The molecule has 0 heterocycles. The number of hydrogen-bond donors (Lipinski definition) is 2. The van der Waals surface area contributed by atoms with Crippen LogP contribution < -0.4 is 5.43 Å². The van der Waals surface area contributed by atoms with Gasteiger partial charge in [-0.15, -0.1) is 4.33 Å². The third-order valence-corrected chi connectivity index (χ3v) is 2.28. The van der Waals surface area contributed by atoms with Gasteiger partial charge in [0.1, 0.15) is 0 Å². The van der Waals surface area contributed by atoms with Crippen molar-refractivity contribution in [3.05, 3.63) is 29.8 Å². The van der Waals surface area contributed by atoms with Crippen LogP contribution in [-0.4, -0.2) is 30.3 Å². The van der Waals surface area contributed by atoms with E-state index >= 15 is 0 Å². The lowest BCUT2D eigenvalue weighted by atomic mass is 10.2. The lowest BCUT2D eigenvalue weighted by Crippen LogP contribution is -2.36. The van der Waals surface area contributed by atoms with Gasteiger partial charge in [-0.25, -0.2) is 10.3 Å². The molecule has 88 valence electrons. The average molecular weight is 244 g/mol. The van der Waals surface area contributed by atoms with Gasteiger partial charge in [0, 0.05) is 14.1 Å². The van der Waals surface area contributed by atoms with Gasteiger partial charge in [0.15, 0.2) is 0 Å². The van der Waals surface area contributed by atoms with E-state index in [0.29, 0.717) is 10.5 Å². The van der Waals surface area contributed by atoms with Crippen molar-refractivity contribution in [1.82, 2.24) is 10.4 Å². The van der Waals surface area contributed by atoms with Crippen LogP contribution in [-0.2, 0) is 9.37 Å². The van der Waals surface area contributed by atoms with Crippen molar-refractivity contribution >= 4 is 17.9 Å². The van der Waals surface area contributed by atoms with Crippen LogP contribution in [0.3, 0.4) is 0 Å². The zero-order valence-electron chi connectivity index (χ0n) is 8.84. The first-order valence-electron chi connectivity index (χ1n) is 4.37. The number of benzene rings is 1. The second-order valence-corrected chi connectivity index (χ2v) is 3.80. The largest absolute Gasteiger partial charge is 0.285 e. The molecule has 0 atom stereocenters. The van der Waals surface area contributed by atoms with E-state index in [2.05, 4.69) is 14.8 Å². The van der Waals surface area contributed by atoms with Crippen molar-refractivity contribution in [2.75, 3.05) is 14.1 Å². The summed E-state index contributed by atoms with van der Waals surface area (Å²) >= 11 is 0.751. The van der Waals surface area contributed by atoms with E-state index in [9.17, 15) is 4.79 Å². The number of rotatable bonds is 5. The highest BCUT2D eigenvalue weighted by molar-refractivity contribution is 7.94. The predicted octanol–water partition coefficient (Wildman–Crippen LogP) is 1.32. The lowest BCUT2D eigenvalue weighted by Gasteiger charge is -2.13. The molecule has 0 aliphatic rings. The van der Waals surface area contributed by atoms with Gasteiger partial charge < -0.3 is 0 Å². The van der Waals surface area contributed by atoms with E-state index in [0.717, 1.165) is 12.0 Å². The molecule has 0 spiro atoms. The number of nitrogens with zero attached hydrogens (tertiary/aromatic N) is 1. The zero-order chi connectivity index (χ0) is 12.0. The van der Waals surface area contributed by atoms with Gasteiger partial charge in [0.2, 0.25) is 0 Å². The fourth-order valence-corrected chi connectivity index (χ4v) is 1.53. The molecule has 0 saturated heterocycles. The summed E-state index contributed by atoms with van der Waals surface area (Å²) in [5.41, 5.74) is 3.03. The number of nitrogens with one attached hydrogen (secondary N) is 1. The summed E-state index contributed by atoms with van der Waals surface area (Å²) in [6, 6.07) is 6.79. The monoisotopic (exact) mass is 244 g/mol. The molecule has 0 aromatic heterocycles. The predicted molar refractivity (Wildman–Crippen MR) is 58.3 cm³/mol. The van der Waals surface area contributed by atoms with Gasteiger partial charge in [-0.3, -0.25) is 10.2 Å². The molecule has 0 aliphatic heterocycles. The second-order valence-electron chi connectivity index (χ2n) is 3.06. The first kappa shape index (κ1) is 12.9. The zero-order valence-corrected chi connectivity index (χ0v) is 9.65. The molecule has 2 N–H and O–H groups in total. The molecular formula is C9H12N2O4S. The molecule has 0 unspecified atom stereocenters. The highest BCUT2D eigenvalue weighted by Crippen LogP contribution is 2.23. The Labute approximate surface area is 97.2 Å². The molecule has 0 fully saturated rings. The average Bonchev–Trinajstić information content (AvgIpc) is 2.25. The van der Waals surface area contributed by atoms with Crippen molar-refractivity contribution in [1.29, 1.82) is 0 Å². The van der Waals surface area contributed by atoms with Crippen LogP contribution in [0.25, 0.3) is 0 Å². The van der Waals surface area contributed by atoms with E-state index in [4.69, 9.17) is 5.26 Å². The summed E-state index contributed by atoms with van der Waals surface area (Å²) in [6.45, 7) is 0. The Morgan fingerprint density at radius 3 is 2.75 bits per heavy atom. The molecule has 7 heteroatoms. The number of hydrazine groups is 1. The molecule has 1 rings (SSSR count). The fraction of sp³-hybridized carbons (Fsp3) is 0.222. The van der Waals surface area contributed by atoms with E-state index in [1.165, 1.54) is 5.01 Å². The highest BCUT2D eigenvalue weighted by atomic mass is 32.2. The third kappa shape index (κ3) is 3.80. The van der Waals surface area contributed by atoms with Crippen LogP contribution in [0.2, 0.25) is 0 Å². The van der Waals surface area contributed by atoms with Crippen molar-refractivity contribution in [3.8, 4) is 0 Å². The fourth-order valence-electron chi connectivity index (χ4n) is 1.04. The Hall–Kier alpha value is -1.12. The molecule has 0 radical (unpaired) electrons. The van der Waals surface area contributed by atoms with Crippen molar-refractivity contribution < 1.29 is 19.4 Å². The Morgan fingerprint density at radius 2 is 2.12 bits per heavy atom. The first-order valence-corrected chi connectivity index (χ1v) is 5.11. The molecule has 0 bridgehead atoms. The van der Waals surface area contributed by atoms with Crippen LogP contribution in [0.15, 0.2) is 29.2 Å². The van der Waals surface area contributed by atoms with E-state index in [-0.39, 0.29) is 5.91 Å². The van der Waals surface area contributed by atoms with Crippen LogP contribution in [0.4, 0.5) is 0 Å². The number of carbonyl (C=O) groups excluding carboxylic acids is 1. The third-order valence-electron chi connectivity index (χ3n) is 1.61. The minimum absolute atomic E-state index is 0.269. The van der Waals surface area contributed by atoms with Crippen LogP contribution in [0.5, 0.6) is 0 Å². The standard InChI is InChI=1S/C9H12N2O4S/c1-11(2)10-9(12)7-5-3-4-6-8(7)16-15-14-13/h3-6,13H,1-2H3,(H,10,12). The number of carbonyl (C=O) groups is 1. The quantitative estimate of drug-likeness (QED) is 0.462. The smallest absolute Gasteiger partial charge is 0.266 e. The van der Waals surface area contributed by atoms with Gasteiger partial charge in [-0.1, -0.05) is 17.2 Å². The SMILES string of the molecule is CN(C)NC(=O)c1ccccc1SOOO. The first-order chi connectivity index (χ1) is 7.65. The molecule has 1 aromatic carbocycles. The Morgan fingerprint density at radius 1 is 1.44 bits per heavy atom. The highest BCUT2D eigenvalue weighted by Gasteiger charge is 2.12. The summed E-state index contributed by atoms with van der Waals surface area (Å²) in [5, 5.41) is 13.1. The maximum absolute atomic E-state index is 11.7. The summed E-state index contributed by atoms with van der Waals surface area (Å²) in [4.78, 5) is 12.3. The van der Waals surface area contributed by atoms with Gasteiger partial charge in [-0.05, 0) is 12.1 Å². The van der Waals surface area contributed by atoms with E-state index < -0.39 is 0 Å². The van der Waals surface area contributed by atoms with Gasteiger partial charge in [0.25, 0.3) is 5.91 Å². The lowest BCUT2D eigenvalue weighted by molar-refractivity contribution is -0.432. The maximum atomic E-state index is 11.7. The minimum Gasteiger partial charge on any atom is -0.285 e. The van der Waals surface area contributed by atoms with Gasteiger partial charge >= 0.3 is 0 Å². The van der Waals surface area contributed by atoms with Crippen LogP contribution in [0, 0.1) is 0 Å². The van der Waals surface area contributed by atoms with Crippen molar-refractivity contribution in [2.24, 2.45) is 0 Å². The molecular weight excluding hydrogens is 232 g/mol. The summed E-state index contributed by atoms with van der Waals surface area (Å²) in [6.07, 6.45) is 0. The summed E-state index contributed by atoms with van der Waals surface area (Å²) < 4.78 is 4.29. The molecule has 6 nitrogen and oxygen atoms in total. The Kier molecular flexibility index (Phi) is 5.23. The molecule has 0 saturated carbocycles. The Bertz CT molecular complexity index is 359.